The van der Waals surface area contributed by atoms with Gasteiger partial charge in [-0.15, -0.1) is 11.3 Å². The third-order valence-electron chi connectivity index (χ3n) is 4.70. The van der Waals surface area contributed by atoms with E-state index in [1.165, 1.54) is 16.5 Å². The minimum absolute atomic E-state index is 0.180. The van der Waals surface area contributed by atoms with Crippen molar-refractivity contribution in [1.29, 1.82) is 0 Å². The molecule has 0 radical (unpaired) electrons. The summed E-state index contributed by atoms with van der Waals surface area (Å²) in [4.78, 5) is 8.10. The van der Waals surface area contributed by atoms with E-state index in [0.717, 1.165) is 38.2 Å². The van der Waals surface area contributed by atoms with Crippen LogP contribution in [0.25, 0.3) is 0 Å². The predicted molar refractivity (Wildman–Crippen MR) is 102 cm³/mol. The summed E-state index contributed by atoms with van der Waals surface area (Å²) in [6, 6.07) is 6.00. The van der Waals surface area contributed by atoms with Gasteiger partial charge in [0.25, 0.3) is 0 Å². The predicted octanol–water partition coefficient (Wildman–Crippen LogP) is 3.14. The lowest BCUT2D eigenvalue weighted by Crippen LogP contribution is -2.47. The lowest BCUT2D eigenvalue weighted by atomic mass is 10.1. The maximum atomic E-state index is 13.7. The van der Waals surface area contributed by atoms with Gasteiger partial charge in [-0.05, 0) is 48.6 Å². The number of thiophene rings is 1. The molecule has 1 aromatic carbocycles. The van der Waals surface area contributed by atoms with E-state index in [2.05, 4.69) is 38.9 Å². The van der Waals surface area contributed by atoms with E-state index in [0.29, 0.717) is 12.0 Å². The normalized spacial score (nSPS) is 16.2. The lowest BCUT2D eigenvalue weighted by molar-refractivity contribution is 0.192. The van der Waals surface area contributed by atoms with Crippen molar-refractivity contribution in [2.24, 2.45) is 4.99 Å². The highest BCUT2D eigenvalue weighted by Gasteiger charge is 2.21. The standard InChI is InChI=1S/C19H24F2N4S/c1-13(25-7-5-18-14(12-25)6-8-26-18)10-23-19(22-2)24-11-15-9-16(20)3-4-17(15)21/h3-4,6,8-9,13H,5,7,10-12H2,1-2H3,(H2,22,23,24). The first-order chi connectivity index (χ1) is 12.6. The molecular weight excluding hydrogens is 354 g/mol. The molecule has 3 rings (SSSR count). The molecular formula is C19H24F2N4S. The zero-order valence-corrected chi connectivity index (χ0v) is 15.9. The molecule has 1 aliphatic rings. The fraction of sp³-hybridized carbons (Fsp3) is 0.421. The first-order valence-electron chi connectivity index (χ1n) is 8.74. The quantitative estimate of drug-likeness (QED) is 0.620. The molecule has 140 valence electrons. The molecule has 1 atom stereocenters. The third kappa shape index (κ3) is 4.59. The van der Waals surface area contributed by atoms with E-state index in [9.17, 15) is 8.78 Å². The zero-order valence-electron chi connectivity index (χ0n) is 15.1. The largest absolute Gasteiger partial charge is 0.355 e. The number of fused-ring (bicyclic) bond motifs is 1. The SMILES string of the molecule is CN=C(NCc1cc(F)ccc1F)NCC(C)N1CCc2sccc2C1. The molecule has 7 heteroatoms. The van der Waals surface area contributed by atoms with E-state index < -0.39 is 11.6 Å². The van der Waals surface area contributed by atoms with Gasteiger partial charge in [0.15, 0.2) is 5.96 Å². The Labute approximate surface area is 156 Å². The number of guanidine groups is 1. The Morgan fingerprint density at radius 3 is 2.96 bits per heavy atom. The number of hydrogen-bond acceptors (Lipinski definition) is 3. The van der Waals surface area contributed by atoms with Crippen LogP contribution in [0.15, 0.2) is 34.6 Å². The van der Waals surface area contributed by atoms with Gasteiger partial charge in [0.2, 0.25) is 0 Å². The summed E-state index contributed by atoms with van der Waals surface area (Å²) < 4.78 is 27.0. The topological polar surface area (TPSA) is 39.7 Å². The Balaban J connectivity index is 1.49. The van der Waals surface area contributed by atoms with Crippen LogP contribution in [0.2, 0.25) is 0 Å². The van der Waals surface area contributed by atoms with E-state index in [4.69, 9.17) is 0 Å². The molecule has 1 unspecified atom stereocenters. The van der Waals surface area contributed by atoms with E-state index in [-0.39, 0.29) is 12.1 Å². The van der Waals surface area contributed by atoms with Crippen LogP contribution in [-0.4, -0.2) is 37.0 Å². The molecule has 4 nitrogen and oxygen atoms in total. The van der Waals surface area contributed by atoms with Gasteiger partial charge in [-0.1, -0.05) is 0 Å². The summed E-state index contributed by atoms with van der Waals surface area (Å²) in [5.74, 6) is -0.297. The molecule has 0 amide bonds. The van der Waals surface area contributed by atoms with E-state index in [1.807, 2.05) is 11.3 Å². The minimum atomic E-state index is -0.447. The third-order valence-corrected chi connectivity index (χ3v) is 5.73. The molecule has 2 N–H and O–H groups in total. The first-order valence-corrected chi connectivity index (χ1v) is 9.62. The van der Waals surface area contributed by atoms with Crippen LogP contribution >= 0.6 is 11.3 Å². The Morgan fingerprint density at radius 1 is 1.31 bits per heavy atom. The first kappa shape index (κ1) is 18.8. The number of hydrogen-bond donors (Lipinski definition) is 2. The lowest BCUT2D eigenvalue weighted by Gasteiger charge is -2.32. The zero-order chi connectivity index (χ0) is 18.5. The second-order valence-electron chi connectivity index (χ2n) is 6.48. The van der Waals surface area contributed by atoms with Gasteiger partial charge >= 0.3 is 0 Å². The molecule has 26 heavy (non-hydrogen) atoms. The van der Waals surface area contributed by atoms with E-state index >= 15 is 0 Å². The van der Waals surface area contributed by atoms with Crippen molar-refractivity contribution in [2.75, 3.05) is 20.1 Å². The molecule has 0 bridgehead atoms. The molecule has 1 aromatic heterocycles. The van der Waals surface area contributed by atoms with E-state index in [1.54, 1.807) is 7.05 Å². The molecule has 0 saturated heterocycles. The maximum absolute atomic E-state index is 13.7. The van der Waals surface area contributed by atoms with Crippen LogP contribution in [0.5, 0.6) is 0 Å². The summed E-state index contributed by atoms with van der Waals surface area (Å²) in [5.41, 5.74) is 1.71. The van der Waals surface area contributed by atoms with Gasteiger partial charge in [0, 0.05) is 49.7 Å². The van der Waals surface area contributed by atoms with Crippen molar-refractivity contribution in [3.8, 4) is 0 Å². The number of nitrogens with one attached hydrogen (secondary N) is 2. The van der Waals surface area contributed by atoms with Gasteiger partial charge < -0.3 is 10.6 Å². The summed E-state index contributed by atoms with van der Waals surface area (Å²) in [6.07, 6.45) is 1.10. The summed E-state index contributed by atoms with van der Waals surface area (Å²) >= 11 is 1.84. The summed E-state index contributed by atoms with van der Waals surface area (Å²) in [7, 11) is 1.67. The number of rotatable bonds is 5. The van der Waals surface area contributed by atoms with Crippen molar-refractivity contribution < 1.29 is 8.78 Å². The number of halogens is 2. The van der Waals surface area contributed by atoms with Crippen LogP contribution < -0.4 is 10.6 Å². The van der Waals surface area contributed by atoms with Crippen molar-refractivity contribution in [1.82, 2.24) is 15.5 Å². The Kier molecular flexibility index (Phi) is 6.21. The maximum Gasteiger partial charge on any atom is 0.191 e. The highest BCUT2D eigenvalue weighted by atomic mass is 32.1. The Bertz CT molecular complexity index is 775. The fourth-order valence-corrected chi connectivity index (χ4v) is 3.99. The summed E-state index contributed by atoms with van der Waals surface area (Å²) in [5, 5.41) is 8.47. The van der Waals surface area contributed by atoms with Crippen LogP contribution in [0.4, 0.5) is 8.78 Å². The molecule has 2 heterocycles. The molecule has 1 aliphatic heterocycles. The van der Waals surface area contributed by atoms with Crippen LogP contribution in [0, 0.1) is 11.6 Å². The average Bonchev–Trinajstić information content (AvgIpc) is 3.12. The van der Waals surface area contributed by atoms with Crippen molar-refractivity contribution in [2.45, 2.75) is 32.5 Å². The monoisotopic (exact) mass is 378 g/mol. The van der Waals surface area contributed by atoms with Gasteiger partial charge in [-0.25, -0.2) is 8.78 Å². The van der Waals surface area contributed by atoms with Crippen LogP contribution in [0.3, 0.4) is 0 Å². The Morgan fingerprint density at radius 2 is 2.15 bits per heavy atom. The van der Waals surface area contributed by atoms with Gasteiger partial charge in [0.1, 0.15) is 11.6 Å². The number of benzene rings is 1. The van der Waals surface area contributed by atoms with Crippen molar-refractivity contribution in [3.63, 3.8) is 0 Å². The van der Waals surface area contributed by atoms with Crippen molar-refractivity contribution in [3.05, 3.63) is 57.3 Å². The second-order valence-corrected chi connectivity index (χ2v) is 7.48. The van der Waals surface area contributed by atoms with Gasteiger partial charge in [0.05, 0.1) is 0 Å². The molecule has 2 aromatic rings. The smallest absolute Gasteiger partial charge is 0.191 e. The number of nitrogens with zero attached hydrogens (tertiary/aromatic N) is 2. The molecule has 0 fully saturated rings. The molecule has 0 spiro atoms. The highest BCUT2D eigenvalue weighted by Crippen LogP contribution is 2.24. The van der Waals surface area contributed by atoms with Gasteiger partial charge in [-0.2, -0.15) is 0 Å². The molecule has 0 saturated carbocycles. The van der Waals surface area contributed by atoms with Crippen LogP contribution in [0.1, 0.15) is 22.9 Å². The molecule has 0 aliphatic carbocycles. The Hall–Kier alpha value is -1.99. The summed E-state index contributed by atoms with van der Waals surface area (Å²) in [6.45, 7) is 5.12. The average molecular weight is 378 g/mol. The highest BCUT2D eigenvalue weighted by molar-refractivity contribution is 7.10. The number of aliphatic imine (C=N–C) groups is 1. The van der Waals surface area contributed by atoms with Gasteiger partial charge in [-0.3, -0.25) is 9.89 Å². The van der Waals surface area contributed by atoms with Crippen molar-refractivity contribution >= 4 is 17.3 Å². The second kappa shape index (κ2) is 8.60. The van der Waals surface area contributed by atoms with Crippen LogP contribution in [-0.2, 0) is 19.5 Å². The fourth-order valence-electron chi connectivity index (χ4n) is 3.10. The minimum Gasteiger partial charge on any atom is -0.355 e.